The molecule has 7 nitrogen and oxygen atoms in total. The number of piperazine rings is 1. The third-order valence-electron chi connectivity index (χ3n) is 3.83. The molecular formula is C15H13BrClN3O4. The molecule has 3 rings (SSSR count). The summed E-state index contributed by atoms with van der Waals surface area (Å²) in [6.07, 6.45) is 0. The molecule has 9 heteroatoms. The van der Waals surface area contributed by atoms with Crippen molar-refractivity contribution in [1.82, 2.24) is 4.90 Å². The Kier molecular flexibility index (Phi) is 4.77. The van der Waals surface area contributed by atoms with Gasteiger partial charge in [-0.05, 0) is 34.1 Å². The molecule has 0 saturated carbocycles. The number of halogens is 2. The molecule has 2 heterocycles. The van der Waals surface area contributed by atoms with Gasteiger partial charge in [-0.15, -0.1) is 0 Å². The van der Waals surface area contributed by atoms with Gasteiger partial charge in [0.2, 0.25) is 0 Å². The van der Waals surface area contributed by atoms with E-state index in [0.29, 0.717) is 41.6 Å². The van der Waals surface area contributed by atoms with Crippen LogP contribution in [-0.2, 0) is 0 Å². The fraction of sp³-hybridized carbons (Fsp3) is 0.267. The van der Waals surface area contributed by atoms with Crippen LogP contribution in [0.25, 0.3) is 0 Å². The molecule has 0 aliphatic carbocycles. The van der Waals surface area contributed by atoms with Crippen molar-refractivity contribution in [2.24, 2.45) is 0 Å². The number of hydrogen-bond donors (Lipinski definition) is 0. The smallest absolute Gasteiger partial charge is 0.294 e. The van der Waals surface area contributed by atoms with Gasteiger partial charge in [-0.25, -0.2) is 0 Å². The summed E-state index contributed by atoms with van der Waals surface area (Å²) in [6.45, 7) is 1.77. The van der Waals surface area contributed by atoms with E-state index in [9.17, 15) is 14.9 Å². The maximum Gasteiger partial charge on any atom is 0.294 e. The number of nitro groups is 1. The molecule has 2 aromatic rings. The number of furan rings is 1. The van der Waals surface area contributed by atoms with Crippen molar-refractivity contribution in [3.8, 4) is 0 Å². The van der Waals surface area contributed by atoms with Gasteiger partial charge >= 0.3 is 0 Å². The second-order valence-corrected chi connectivity index (χ2v) is 6.44. The van der Waals surface area contributed by atoms with Gasteiger partial charge in [0.25, 0.3) is 11.6 Å². The van der Waals surface area contributed by atoms with Crippen molar-refractivity contribution < 1.29 is 14.1 Å². The van der Waals surface area contributed by atoms with E-state index in [4.69, 9.17) is 16.0 Å². The standard InChI is InChI=1S/C15H13BrClN3O4/c16-13-5-4-12(24-13)15(21)19-8-6-18(7-9-19)14-10(17)2-1-3-11(14)20(22)23/h1-5H,6-9H2. The Balaban J connectivity index is 1.74. The van der Waals surface area contributed by atoms with Crippen molar-refractivity contribution in [3.63, 3.8) is 0 Å². The molecule has 1 aliphatic heterocycles. The quantitative estimate of drug-likeness (QED) is 0.567. The number of rotatable bonds is 3. The summed E-state index contributed by atoms with van der Waals surface area (Å²) in [5.41, 5.74) is 0.370. The Morgan fingerprint density at radius 1 is 1.21 bits per heavy atom. The van der Waals surface area contributed by atoms with E-state index in [1.807, 2.05) is 4.90 Å². The van der Waals surface area contributed by atoms with Crippen molar-refractivity contribution in [2.45, 2.75) is 0 Å². The van der Waals surface area contributed by atoms with Crippen LogP contribution >= 0.6 is 27.5 Å². The first kappa shape index (κ1) is 16.8. The van der Waals surface area contributed by atoms with Gasteiger partial charge in [0.15, 0.2) is 10.4 Å². The van der Waals surface area contributed by atoms with Crippen LogP contribution in [0.15, 0.2) is 39.4 Å². The summed E-state index contributed by atoms with van der Waals surface area (Å²) in [6, 6.07) is 7.88. The van der Waals surface area contributed by atoms with Crippen LogP contribution in [0.3, 0.4) is 0 Å². The maximum absolute atomic E-state index is 12.4. The molecule has 0 bridgehead atoms. The van der Waals surface area contributed by atoms with E-state index < -0.39 is 4.92 Å². The number of amides is 1. The van der Waals surface area contributed by atoms with Crippen LogP contribution in [0, 0.1) is 10.1 Å². The lowest BCUT2D eigenvalue weighted by molar-refractivity contribution is -0.384. The summed E-state index contributed by atoms with van der Waals surface area (Å²) in [5.74, 6) is 0.0630. The predicted molar refractivity (Wildman–Crippen MR) is 92.6 cm³/mol. The molecule has 1 fully saturated rings. The first-order chi connectivity index (χ1) is 11.5. The summed E-state index contributed by atoms with van der Waals surface area (Å²) < 4.78 is 5.78. The number of para-hydroxylation sites is 1. The highest BCUT2D eigenvalue weighted by Crippen LogP contribution is 2.35. The summed E-state index contributed by atoms with van der Waals surface area (Å²) in [5, 5.41) is 11.5. The highest BCUT2D eigenvalue weighted by atomic mass is 79.9. The number of nitro benzene ring substituents is 1. The number of carbonyl (C=O) groups is 1. The minimum absolute atomic E-state index is 0.0303. The topological polar surface area (TPSA) is 79.8 Å². The minimum atomic E-state index is -0.445. The van der Waals surface area contributed by atoms with Gasteiger partial charge in [-0.2, -0.15) is 0 Å². The fourth-order valence-electron chi connectivity index (χ4n) is 2.68. The average molecular weight is 415 g/mol. The average Bonchev–Trinajstić information content (AvgIpc) is 3.00. The molecule has 24 heavy (non-hydrogen) atoms. The van der Waals surface area contributed by atoms with Crippen LogP contribution < -0.4 is 4.90 Å². The van der Waals surface area contributed by atoms with Crippen molar-refractivity contribution in [3.05, 3.63) is 55.9 Å². The van der Waals surface area contributed by atoms with Crippen molar-refractivity contribution in [1.29, 1.82) is 0 Å². The molecular weight excluding hydrogens is 402 g/mol. The summed E-state index contributed by atoms with van der Waals surface area (Å²) >= 11 is 9.33. The van der Waals surface area contributed by atoms with Gasteiger partial charge < -0.3 is 14.2 Å². The van der Waals surface area contributed by atoms with E-state index in [1.165, 1.54) is 6.07 Å². The molecule has 1 aromatic carbocycles. The molecule has 1 saturated heterocycles. The minimum Gasteiger partial charge on any atom is -0.444 e. The van der Waals surface area contributed by atoms with Crippen LogP contribution in [0.4, 0.5) is 11.4 Å². The highest BCUT2D eigenvalue weighted by Gasteiger charge is 2.28. The van der Waals surface area contributed by atoms with E-state index in [1.54, 1.807) is 29.2 Å². The number of hydrogen-bond acceptors (Lipinski definition) is 5. The number of carbonyl (C=O) groups excluding carboxylic acids is 1. The van der Waals surface area contributed by atoms with Crippen LogP contribution in [0.5, 0.6) is 0 Å². The summed E-state index contributed by atoms with van der Waals surface area (Å²) in [4.78, 5) is 26.6. The third kappa shape index (κ3) is 3.25. The number of benzene rings is 1. The molecule has 0 N–H and O–H groups in total. The zero-order chi connectivity index (χ0) is 17.3. The molecule has 1 aromatic heterocycles. The largest absolute Gasteiger partial charge is 0.444 e. The SMILES string of the molecule is O=C(c1ccc(Br)o1)N1CCN(c2c(Cl)cccc2[N+](=O)[O-])CC1. The Hall–Kier alpha value is -2.06. The Morgan fingerprint density at radius 3 is 2.50 bits per heavy atom. The Bertz CT molecular complexity index is 787. The molecule has 0 atom stereocenters. The highest BCUT2D eigenvalue weighted by molar-refractivity contribution is 9.10. The fourth-order valence-corrected chi connectivity index (χ4v) is 3.28. The van der Waals surface area contributed by atoms with Crippen LogP contribution in [0.1, 0.15) is 10.6 Å². The molecule has 126 valence electrons. The maximum atomic E-state index is 12.4. The normalized spacial score (nSPS) is 14.8. The third-order valence-corrected chi connectivity index (χ3v) is 4.56. The first-order valence-electron chi connectivity index (χ1n) is 7.20. The van der Waals surface area contributed by atoms with E-state index in [2.05, 4.69) is 15.9 Å². The lowest BCUT2D eigenvalue weighted by Gasteiger charge is -2.35. The molecule has 0 radical (unpaired) electrons. The molecule has 0 unspecified atom stereocenters. The zero-order valence-corrected chi connectivity index (χ0v) is 14.8. The molecule has 0 spiro atoms. The predicted octanol–water partition coefficient (Wildman–Crippen LogP) is 3.57. The Morgan fingerprint density at radius 2 is 1.92 bits per heavy atom. The lowest BCUT2D eigenvalue weighted by atomic mass is 10.2. The second-order valence-electron chi connectivity index (χ2n) is 5.25. The van der Waals surface area contributed by atoms with Crippen molar-refractivity contribution in [2.75, 3.05) is 31.1 Å². The number of anilines is 1. The lowest BCUT2D eigenvalue weighted by Crippen LogP contribution is -2.49. The van der Waals surface area contributed by atoms with Crippen LogP contribution in [0.2, 0.25) is 5.02 Å². The van der Waals surface area contributed by atoms with Crippen LogP contribution in [-0.4, -0.2) is 41.9 Å². The van der Waals surface area contributed by atoms with E-state index in [0.717, 1.165) is 0 Å². The molecule has 1 aliphatic rings. The Labute approximate surface area is 151 Å². The van der Waals surface area contributed by atoms with Gasteiger partial charge in [0, 0.05) is 32.2 Å². The zero-order valence-electron chi connectivity index (χ0n) is 12.4. The van der Waals surface area contributed by atoms with Gasteiger partial charge in [0.1, 0.15) is 5.69 Å². The van der Waals surface area contributed by atoms with Gasteiger partial charge in [0.05, 0.1) is 9.95 Å². The van der Waals surface area contributed by atoms with Crippen molar-refractivity contribution >= 4 is 44.8 Å². The van der Waals surface area contributed by atoms with Gasteiger partial charge in [-0.1, -0.05) is 17.7 Å². The first-order valence-corrected chi connectivity index (χ1v) is 8.37. The monoisotopic (exact) mass is 413 g/mol. The van der Waals surface area contributed by atoms with E-state index >= 15 is 0 Å². The number of nitrogens with zero attached hydrogens (tertiary/aromatic N) is 3. The van der Waals surface area contributed by atoms with E-state index in [-0.39, 0.29) is 17.4 Å². The van der Waals surface area contributed by atoms with Gasteiger partial charge in [-0.3, -0.25) is 14.9 Å². The second kappa shape index (κ2) is 6.82. The molecule has 1 amide bonds. The summed E-state index contributed by atoms with van der Waals surface area (Å²) in [7, 11) is 0.